The van der Waals surface area contributed by atoms with Gasteiger partial charge in [0.1, 0.15) is 0 Å². The van der Waals surface area contributed by atoms with Gasteiger partial charge in [0.2, 0.25) is 0 Å². The van der Waals surface area contributed by atoms with Crippen molar-refractivity contribution in [3.8, 4) is 0 Å². The van der Waals surface area contributed by atoms with Crippen molar-refractivity contribution in [3.63, 3.8) is 0 Å². The van der Waals surface area contributed by atoms with Gasteiger partial charge in [0.05, 0.1) is 5.56 Å². The van der Waals surface area contributed by atoms with Gasteiger partial charge in [0.25, 0.3) is 0 Å². The number of carbonyl (C=O) groups is 1. The van der Waals surface area contributed by atoms with Crippen LogP contribution in [0.2, 0.25) is 0 Å². The van der Waals surface area contributed by atoms with Crippen molar-refractivity contribution in [2.75, 3.05) is 5.73 Å². The quantitative estimate of drug-likeness (QED) is 0.780. The van der Waals surface area contributed by atoms with Crippen LogP contribution in [0.25, 0.3) is 10.8 Å². The summed E-state index contributed by atoms with van der Waals surface area (Å²) in [4.78, 5) is 10.9. The van der Waals surface area contributed by atoms with Crippen molar-refractivity contribution in [2.45, 2.75) is 0 Å². The van der Waals surface area contributed by atoms with Crippen molar-refractivity contribution >= 4 is 38.4 Å². The van der Waals surface area contributed by atoms with Crippen molar-refractivity contribution < 1.29 is 9.90 Å². The fraction of sp³-hybridized carbons (Fsp3) is 0. The lowest BCUT2D eigenvalue weighted by atomic mass is 10.1. The van der Waals surface area contributed by atoms with Gasteiger partial charge in [-0.2, -0.15) is 0 Å². The third kappa shape index (κ3) is 1.80. The van der Waals surface area contributed by atoms with Crippen LogP contribution in [0.4, 0.5) is 5.69 Å². The molecule has 0 unspecified atom stereocenters. The third-order valence-corrected chi connectivity index (χ3v) is 2.69. The van der Waals surface area contributed by atoms with Gasteiger partial charge in [0, 0.05) is 10.2 Å². The number of aromatic carboxylic acids is 1. The second-order valence-corrected chi connectivity index (χ2v) is 4.15. The van der Waals surface area contributed by atoms with E-state index in [1.54, 1.807) is 12.1 Å². The van der Waals surface area contributed by atoms with E-state index >= 15 is 0 Å². The van der Waals surface area contributed by atoms with Crippen molar-refractivity contribution in [2.24, 2.45) is 0 Å². The fourth-order valence-electron chi connectivity index (χ4n) is 1.47. The minimum absolute atomic E-state index is 0.139. The molecule has 2 aromatic rings. The number of rotatable bonds is 1. The number of benzene rings is 2. The molecule has 2 aromatic carbocycles. The molecule has 0 radical (unpaired) electrons. The zero-order chi connectivity index (χ0) is 11.0. The summed E-state index contributed by atoms with van der Waals surface area (Å²) in [6, 6.07) is 8.90. The summed E-state index contributed by atoms with van der Waals surface area (Å²) >= 11 is 3.33. The maximum atomic E-state index is 10.9. The Labute approximate surface area is 94.6 Å². The second-order valence-electron chi connectivity index (χ2n) is 3.24. The largest absolute Gasteiger partial charge is 0.478 e. The first kappa shape index (κ1) is 9.98. The highest BCUT2D eigenvalue weighted by atomic mass is 79.9. The average molecular weight is 266 g/mol. The molecule has 3 nitrogen and oxygen atoms in total. The predicted molar refractivity (Wildman–Crippen MR) is 63.0 cm³/mol. The Morgan fingerprint density at radius 2 is 1.93 bits per heavy atom. The van der Waals surface area contributed by atoms with Crippen LogP contribution in [0, 0.1) is 0 Å². The number of carboxylic acids is 1. The van der Waals surface area contributed by atoms with Crippen molar-refractivity contribution in [1.82, 2.24) is 0 Å². The summed E-state index contributed by atoms with van der Waals surface area (Å²) in [5.41, 5.74) is 6.06. The van der Waals surface area contributed by atoms with E-state index in [-0.39, 0.29) is 11.3 Å². The van der Waals surface area contributed by atoms with Crippen LogP contribution in [0.1, 0.15) is 10.4 Å². The number of fused-ring (bicyclic) bond motifs is 1. The molecule has 0 aliphatic rings. The molecule has 0 atom stereocenters. The van der Waals surface area contributed by atoms with Gasteiger partial charge in [-0.3, -0.25) is 0 Å². The molecule has 0 saturated carbocycles. The van der Waals surface area contributed by atoms with Gasteiger partial charge in [-0.15, -0.1) is 0 Å². The van der Waals surface area contributed by atoms with E-state index in [2.05, 4.69) is 15.9 Å². The molecule has 2 rings (SSSR count). The Morgan fingerprint density at radius 1 is 1.20 bits per heavy atom. The van der Waals surface area contributed by atoms with E-state index in [4.69, 9.17) is 10.8 Å². The number of carboxylic acid groups (broad SMARTS) is 1. The minimum Gasteiger partial charge on any atom is -0.478 e. The highest BCUT2D eigenvalue weighted by Gasteiger charge is 2.08. The molecule has 3 N–H and O–H groups in total. The molecule has 0 aliphatic heterocycles. The second kappa shape index (κ2) is 3.55. The topological polar surface area (TPSA) is 63.3 Å². The molecule has 76 valence electrons. The first-order valence-corrected chi connectivity index (χ1v) is 5.09. The van der Waals surface area contributed by atoms with Crippen LogP contribution >= 0.6 is 15.9 Å². The lowest BCUT2D eigenvalue weighted by molar-refractivity contribution is 0.0698. The highest BCUT2D eigenvalue weighted by molar-refractivity contribution is 9.10. The first-order chi connectivity index (χ1) is 7.08. The number of nitrogens with two attached hydrogens (primary N) is 1. The molecule has 0 saturated heterocycles. The number of nitrogen functional groups attached to an aromatic ring is 1. The van der Waals surface area contributed by atoms with E-state index in [0.717, 1.165) is 15.2 Å². The van der Waals surface area contributed by atoms with E-state index in [1.165, 1.54) is 0 Å². The van der Waals surface area contributed by atoms with Crippen LogP contribution in [-0.2, 0) is 0 Å². The van der Waals surface area contributed by atoms with Gasteiger partial charge in [-0.25, -0.2) is 4.79 Å². The Kier molecular flexibility index (Phi) is 2.36. The van der Waals surface area contributed by atoms with E-state index in [0.29, 0.717) is 0 Å². The van der Waals surface area contributed by atoms with Crippen LogP contribution in [-0.4, -0.2) is 11.1 Å². The standard InChI is InChI=1S/C11H8BrNO2/c12-8-2-1-6-5-10(13)9(11(14)15)4-7(6)3-8/h1-5H,13H2,(H,14,15). The number of anilines is 1. The van der Waals surface area contributed by atoms with Gasteiger partial charge in [0.15, 0.2) is 0 Å². The summed E-state index contributed by atoms with van der Waals surface area (Å²) in [6.07, 6.45) is 0. The zero-order valence-electron chi connectivity index (χ0n) is 7.70. The lowest BCUT2D eigenvalue weighted by Gasteiger charge is -2.04. The summed E-state index contributed by atoms with van der Waals surface area (Å²) in [5.74, 6) is -1.01. The van der Waals surface area contributed by atoms with Gasteiger partial charge >= 0.3 is 5.97 Å². The number of hydrogen-bond donors (Lipinski definition) is 2. The summed E-state index contributed by atoms with van der Waals surface area (Å²) in [6.45, 7) is 0. The zero-order valence-corrected chi connectivity index (χ0v) is 9.28. The predicted octanol–water partition coefficient (Wildman–Crippen LogP) is 2.88. The van der Waals surface area contributed by atoms with Gasteiger partial charge in [-0.05, 0) is 35.0 Å². The lowest BCUT2D eigenvalue weighted by Crippen LogP contribution is -2.01. The monoisotopic (exact) mass is 265 g/mol. The Bertz CT molecular complexity index is 552. The Balaban J connectivity index is 2.77. The SMILES string of the molecule is Nc1cc2ccc(Br)cc2cc1C(=O)O. The van der Waals surface area contributed by atoms with Gasteiger partial charge in [-0.1, -0.05) is 22.0 Å². The molecule has 0 aliphatic carbocycles. The molecule has 4 heteroatoms. The highest BCUT2D eigenvalue weighted by Crippen LogP contribution is 2.24. The molecule has 15 heavy (non-hydrogen) atoms. The molecule has 0 spiro atoms. The molecule has 0 heterocycles. The fourth-order valence-corrected chi connectivity index (χ4v) is 1.85. The summed E-state index contributed by atoms with van der Waals surface area (Å²) in [5, 5.41) is 10.7. The first-order valence-electron chi connectivity index (χ1n) is 4.30. The minimum atomic E-state index is -1.01. The average Bonchev–Trinajstić information content (AvgIpc) is 2.17. The maximum Gasteiger partial charge on any atom is 0.337 e. The smallest absolute Gasteiger partial charge is 0.337 e. The number of hydrogen-bond acceptors (Lipinski definition) is 2. The third-order valence-electron chi connectivity index (χ3n) is 2.20. The molecule has 0 amide bonds. The van der Waals surface area contributed by atoms with Crippen molar-refractivity contribution in [1.29, 1.82) is 0 Å². The van der Waals surface area contributed by atoms with E-state index < -0.39 is 5.97 Å². The molecule has 0 aromatic heterocycles. The van der Waals surface area contributed by atoms with E-state index in [9.17, 15) is 4.79 Å². The Hall–Kier alpha value is -1.55. The normalized spacial score (nSPS) is 10.5. The van der Waals surface area contributed by atoms with Crippen LogP contribution < -0.4 is 5.73 Å². The van der Waals surface area contributed by atoms with Crippen LogP contribution in [0.5, 0.6) is 0 Å². The summed E-state index contributed by atoms with van der Waals surface area (Å²) in [7, 11) is 0. The van der Waals surface area contributed by atoms with Gasteiger partial charge < -0.3 is 10.8 Å². The van der Waals surface area contributed by atoms with E-state index in [1.807, 2.05) is 18.2 Å². The molecular weight excluding hydrogens is 258 g/mol. The van der Waals surface area contributed by atoms with Crippen LogP contribution in [0.15, 0.2) is 34.8 Å². The summed E-state index contributed by atoms with van der Waals surface area (Å²) < 4.78 is 0.913. The van der Waals surface area contributed by atoms with Crippen LogP contribution in [0.3, 0.4) is 0 Å². The maximum absolute atomic E-state index is 10.9. The Morgan fingerprint density at radius 3 is 2.60 bits per heavy atom. The number of halogens is 1. The molecule has 0 fully saturated rings. The van der Waals surface area contributed by atoms with Crippen molar-refractivity contribution in [3.05, 3.63) is 40.4 Å². The molecular formula is C11H8BrNO2. The molecule has 0 bridgehead atoms.